The Labute approximate surface area is 106 Å². The molecule has 0 atom stereocenters. The molecule has 2 N–H and O–H groups in total. The minimum atomic E-state index is 0.520. The van der Waals surface area contributed by atoms with Crippen molar-refractivity contribution in [3.05, 3.63) is 22.3 Å². The second-order valence-corrected chi connectivity index (χ2v) is 4.84. The molecule has 0 unspecified atom stereocenters. The molecular weight excluding hydrogens is 266 g/mol. The van der Waals surface area contributed by atoms with E-state index in [1.807, 2.05) is 12.3 Å². The standard InChI is InChI=1S/C12H20BrN3/c1-4-11(5-2)16(3)12-9(7-14)6-10(13)8-15-12/h6,8,11H,4-5,7,14H2,1-3H3. The fraction of sp³-hybridized carbons (Fsp3) is 0.583. The number of rotatable bonds is 5. The third-order valence-corrected chi connectivity index (χ3v) is 3.39. The van der Waals surface area contributed by atoms with Gasteiger partial charge in [0.2, 0.25) is 0 Å². The Kier molecular flexibility index (Phi) is 5.22. The number of hydrogen-bond donors (Lipinski definition) is 1. The molecule has 4 heteroatoms. The van der Waals surface area contributed by atoms with E-state index >= 15 is 0 Å². The van der Waals surface area contributed by atoms with Crippen molar-refractivity contribution in [2.75, 3.05) is 11.9 Å². The molecule has 0 radical (unpaired) electrons. The SMILES string of the molecule is CCC(CC)N(C)c1ncc(Br)cc1CN. The van der Waals surface area contributed by atoms with Gasteiger partial charge in [0.25, 0.3) is 0 Å². The topological polar surface area (TPSA) is 42.2 Å². The van der Waals surface area contributed by atoms with Crippen molar-refractivity contribution in [3.8, 4) is 0 Å². The lowest BCUT2D eigenvalue weighted by atomic mass is 10.1. The van der Waals surface area contributed by atoms with Crippen LogP contribution in [0, 0.1) is 0 Å². The molecule has 0 fully saturated rings. The molecule has 1 aromatic heterocycles. The molecule has 16 heavy (non-hydrogen) atoms. The molecule has 0 aromatic carbocycles. The zero-order valence-electron chi connectivity index (χ0n) is 10.2. The van der Waals surface area contributed by atoms with Crippen molar-refractivity contribution in [2.45, 2.75) is 39.3 Å². The normalized spacial score (nSPS) is 10.9. The Balaban J connectivity index is 3.02. The molecule has 90 valence electrons. The maximum absolute atomic E-state index is 5.75. The van der Waals surface area contributed by atoms with Crippen molar-refractivity contribution in [1.82, 2.24) is 4.98 Å². The lowest BCUT2D eigenvalue weighted by Crippen LogP contribution is -2.32. The summed E-state index contributed by atoms with van der Waals surface area (Å²) in [5.74, 6) is 0.999. The van der Waals surface area contributed by atoms with Crippen LogP contribution in [0.2, 0.25) is 0 Å². The highest BCUT2D eigenvalue weighted by atomic mass is 79.9. The summed E-state index contributed by atoms with van der Waals surface area (Å²) >= 11 is 3.42. The van der Waals surface area contributed by atoms with E-state index in [1.54, 1.807) is 0 Å². The van der Waals surface area contributed by atoms with Gasteiger partial charge in [-0.3, -0.25) is 0 Å². The Hall–Kier alpha value is -0.610. The first-order chi connectivity index (χ1) is 7.63. The molecule has 0 bridgehead atoms. The third kappa shape index (κ3) is 2.95. The van der Waals surface area contributed by atoms with Gasteiger partial charge in [-0.25, -0.2) is 4.98 Å². The lowest BCUT2D eigenvalue weighted by Gasteiger charge is -2.29. The van der Waals surface area contributed by atoms with Crippen LogP contribution in [-0.2, 0) is 6.54 Å². The summed E-state index contributed by atoms with van der Waals surface area (Å²) in [5.41, 5.74) is 6.84. The molecule has 3 nitrogen and oxygen atoms in total. The Morgan fingerprint density at radius 1 is 1.44 bits per heavy atom. The van der Waals surface area contributed by atoms with Gasteiger partial charge in [-0.15, -0.1) is 0 Å². The Bertz CT molecular complexity index is 337. The largest absolute Gasteiger partial charge is 0.356 e. The van der Waals surface area contributed by atoms with Gasteiger partial charge in [0, 0.05) is 35.9 Å². The summed E-state index contributed by atoms with van der Waals surface area (Å²) in [7, 11) is 2.09. The quantitative estimate of drug-likeness (QED) is 0.905. The number of anilines is 1. The third-order valence-electron chi connectivity index (χ3n) is 2.95. The number of nitrogens with zero attached hydrogens (tertiary/aromatic N) is 2. The summed E-state index contributed by atoms with van der Waals surface area (Å²) in [6.45, 7) is 4.92. The van der Waals surface area contributed by atoms with Gasteiger partial charge in [-0.2, -0.15) is 0 Å². The summed E-state index contributed by atoms with van der Waals surface area (Å²) in [6.07, 6.45) is 4.07. The average molecular weight is 286 g/mol. The van der Waals surface area contributed by atoms with Crippen LogP contribution in [0.5, 0.6) is 0 Å². The van der Waals surface area contributed by atoms with Crippen molar-refractivity contribution in [1.29, 1.82) is 0 Å². The molecule has 1 aromatic rings. The molecule has 1 heterocycles. The van der Waals surface area contributed by atoms with Gasteiger partial charge in [-0.1, -0.05) is 13.8 Å². The Morgan fingerprint density at radius 3 is 2.56 bits per heavy atom. The first-order valence-corrected chi connectivity index (χ1v) is 6.50. The second kappa shape index (κ2) is 6.21. The monoisotopic (exact) mass is 285 g/mol. The van der Waals surface area contributed by atoms with Crippen LogP contribution in [0.3, 0.4) is 0 Å². The van der Waals surface area contributed by atoms with E-state index in [4.69, 9.17) is 5.73 Å². The summed E-state index contributed by atoms with van der Waals surface area (Å²) in [4.78, 5) is 6.70. The summed E-state index contributed by atoms with van der Waals surface area (Å²) in [5, 5.41) is 0. The average Bonchev–Trinajstić information content (AvgIpc) is 2.30. The van der Waals surface area contributed by atoms with E-state index in [9.17, 15) is 0 Å². The molecule has 0 aliphatic carbocycles. The van der Waals surface area contributed by atoms with Crippen LogP contribution in [0.25, 0.3) is 0 Å². The fourth-order valence-corrected chi connectivity index (χ4v) is 2.33. The van der Waals surface area contributed by atoms with E-state index in [0.717, 1.165) is 28.7 Å². The van der Waals surface area contributed by atoms with Gasteiger partial charge in [0.15, 0.2) is 0 Å². The van der Waals surface area contributed by atoms with Gasteiger partial charge in [-0.05, 0) is 34.8 Å². The van der Waals surface area contributed by atoms with Gasteiger partial charge < -0.3 is 10.6 Å². The van der Waals surface area contributed by atoms with Gasteiger partial charge in [0.1, 0.15) is 5.82 Å². The summed E-state index contributed by atoms with van der Waals surface area (Å²) in [6, 6.07) is 2.57. The molecule has 0 saturated carbocycles. The minimum absolute atomic E-state index is 0.520. The second-order valence-electron chi connectivity index (χ2n) is 3.92. The highest BCUT2D eigenvalue weighted by Gasteiger charge is 2.15. The van der Waals surface area contributed by atoms with Gasteiger partial charge in [0.05, 0.1) is 0 Å². The van der Waals surface area contributed by atoms with Crippen LogP contribution in [0.15, 0.2) is 16.7 Å². The van der Waals surface area contributed by atoms with E-state index in [1.165, 1.54) is 0 Å². The molecular formula is C12H20BrN3. The summed E-state index contributed by atoms with van der Waals surface area (Å²) < 4.78 is 0.981. The predicted octanol–water partition coefficient (Wildman–Crippen LogP) is 2.93. The zero-order valence-corrected chi connectivity index (χ0v) is 11.8. The molecule has 0 saturated heterocycles. The maximum Gasteiger partial charge on any atom is 0.133 e. The van der Waals surface area contributed by atoms with Crippen LogP contribution in [-0.4, -0.2) is 18.1 Å². The number of halogens is 1. The fourth-order valence-electron chi connectivity index (χ4n) is 1.95. The van der Waals surface area contributed by atoms with Crippen molar-refractivity contribution < 1.29 is 0 Å². The maximum atomic E-state index is 5.75. The number of nitrogens with two attached hydrogens (primary N) is 1. The zero-order chi connectivity index (χ0) is 12.1. The number of pyridine rings is 1. The van der Waals surface area contributed by atoms with E-state index in [2.05, 4.69) is 46.7 Å². The Morgan fingerprint density at radius 2 is 2.06 bits per heavy atom. The van der Waals surface area contributed by atoms with Crippen LogP contribution >= 0.6 is 15.9 Å². The smallest absolute Gasteiger partial charge is 0.133 e. The van der Waals surface area contributed by atoms with Gasteiger partial charge >= 0.3 is 0 Å². The highest BCUT2D eigenvalue weighted by molar-refractivity contribution is 9.10. The number of hydrogen-bond acceptors (Lipinski definition) is 3. The lowest BCUT2D eigenvalue weighted by molar-refractivity contribution is 0.584. The van der Waals surface area contributed by atoms with E-state index in [0.29, 0.717) is 12.6 Å². The molecule has 0 aliphatic rings. The first-order valence-electron chi connectivity index (χ1n) is 5.71. The first kappa shape index (κ1) is 13.5. The molecule has 0 amide bonds. The molecule has 0 spiro atoms. The predicted molar refractivity (Wildman–Crippen MR) is 72.6 cm³/mol. The number of aromatic nitrogens is 1. The van der Waals surface area contributed by atoms with Crippen LogP contribution < -0.4 is 10.6 Å². The molecule has 0 aliphatic heterocycles. The van der Waals surface area contributed by atoms with Crippen molar-refractivity contribution >= 4 is 21.7 Å². The van der Waals surface area contributed by atoms with E-state index < -0.39 is 0 Å². The van der Waals surface area contributed by atoms with Crippen LogP contribution in [0.4, 0.5) is 5.82 Å². The highest BCUT2D eigenvalue weighted by Crippen LogP contribution is 2.23. The van der Waals surface area contributed by atoms with Crippen LogP contribution in [0.1, 0.15) is 32.3 Å². The molecule has 1 rings (SSSR count). The minimum Gasteiger partial charge on any atom is -0.356 e. The van der Waals surface area contributed by atoms with Crippen molar-refractivity contribution in [3.63, 3.8) is 0 Å². The van der Waals surface area contributed by atoms with Crippen molar-refractivity contribution in [2.24, 2.45) is 5.73 Å². The van der Waals surface area contributed by atoms with E-state index in [-0.39, 0.29) is 0 Å².